The molecule has 0 spiro atoms. The monoisotopic (exact) mass is 526 g/mol. The van der Waals surface area contributed by atoms with Gasteiger partial charge in [0.2, 0.25) is 0 Å². The first-order valence-electron chi connectivity index (χ1n) is 13.8. The highest BCUT2D eigenvalue weighted by atomic mass is 16.6. The molecule has 6 atom stereocenters. The number of ether oxygens (including phenoxy) is 3. The highest BCUT2D eigenvalue weighted by Crippen LogP contribution is 2.45. The second-order valence-electron chi connectivity index (χ2n) is 12.2. The standard InChI is InChI=1S/C31H46N2O5/c1-20(2)24-14-12-21(3)25-16-23(37-29(34)15-13-22-18-33(7)19-32-22)10-9-11-27(36-8)28(17-26(24)25)38-30(35)31(4,5)6/h9,11-13,15,18-20,23-28H,10,14,16-17H2,1-8H3/b11-9-,15-13+/t23?,24-,25+,26-,27-,28?/m1/s1. The minimum absolute atomic E-state index is 0.216. The average Bonchev–Trinajstić information content (AvgIpc) is 3.26. The number of imidazole rings is 1. The largest absolute Gasteiger partial charge is 0.459 e. The second kappa shape index (κ2) is 12.9. The van der Waals surface area contributed by atoms with Crippen LogP contribution < -0.4 is 0 Å². The molecule has 0 N–H and O–H groups in total. The van der Waals surface area contributed by atoms with Gasteiger partial charge >= 0.3 is 11.9 Å². The van der Waals surface area contributed by atoms with Crippen LogP contribution in [0.15, 0.2) is 42.4 Å². The molecular weight excluding hydrogens is 480 g/mol. The summed E-state index contributed by atoms with van der Waals surface area (Å²) in [6.07, 6.45) is 14.9. The van der Waals surface area contributed by atoms with Gasteiger partial charge in [0.25, 0.3) is 0 Å². The van der Waals surface area contributed by atoms with Crippen LogP contribution in [0.3, 0.4) is 0 Å². The maximum atomic E-state index is 12.9. The quantitative estimate of drug-likeness (QED) is 0.260. The molecule has 210 valence electrons. The third-order valence-electron chi connectivity index (χ3n) is 7.87. The lowest BCUT2D eigenvalue weighted by atomic mass is 9.64. The molecule has 2 aliphatic rings. The number of allylic oxidation sites excluding steroid dienone is 2. The van der Waals surface area contributed by atoms with E-state index in [1.54, 1.807) is 19.5 Å². The Bertz CT molecular complexity index is 1040. The molecule has 0 bridgehead atoms. The van der Waals surface area contributed by atoms with Crippen LogP contribution in [0.1, 0.15) is 72.9 Å². The summed E-state index contributed by atoms with van der Waals surface area (Å²) in [6.45, 7) is 12.3. The van der Waals surface area contributed by atoms with Crippen molar-refractivity contribution in [1.82, 2.24) is 9.55 Å². The fraction of sp³-hybridized carbons (Fsp3) is 0.645. The third-order valence-corrected chi connectivity index (χ3v) is 7.87. The van der Waals surface area contributed by atoms with Crippen molar-refractivity contribution in [2.45, 2.75) is 85.5 Å². The van der Waals surface area contributed by atoms with Gasteiger partial charge in [0.15, 0.2) is 0 Å². The summed E-state index contributed by atoms with van der Waals surface area (Å²) in [6, 6.07) is 0. The first-order valence-corrected chi connectivity index (χ1v) is 13.8. The topological polar surface area (TPSA) is 79.7 Å². The van der Waals surface area contributed by atoms with E-state index in [9.17, 15) is 9.59 Å². The van der Waals surface area contributed by atoms with Gasteiger partial charge < -0.3 is 18.8 Å². The van der Waals surface area contributed by atoms with Crippen molar-refractivity contribution in [1.29, 1.82) is 0 Å². The Morgan fingerprint density at radius 2 is 1.89 bits per heavy atom. The molecule has 1 aromatic heterocycles. The first-order chi connectivity index (χ1) is 17.9. The molecule has 3 rings (SSSR count). The van der Waals surface area contributed by atoms with Gasteiger partial charge in [-0.3, -0.25) is 4.79 Å². The highest BCUT2D eigenvalue weighted by molar-refractivity contribution is 5.86. The van der Waals surface area contributed by atoms with Gasteiger partial charge in [-0.15, -0.1) is 0 Å². The summed E-state index contributed by atoms with van der Waals surface area (Å²) < 4.78 is 19.8. The lowest BCUT2D eigenvalue weighted by Gasteiger charge is -2.43. The number of aryl methyl sites for hydroxylation is 1. The van der Waals surface area contributed by atoms with E-state index in [-0.39, 0.29) is 42.1 Å². The second-order valence-corrected chi connectivity index (χ2v) is 12.2. The lowest BCUT2D eigenvalue weighted by Crippen LogP contribution is -2.42. The number of methoxy groups -OCH3 is 1. The van der Waals surface area contributed by atoms with Crippen molar-refractivity contribution >= 4 is 18.0 Å². The van der Waals surface area contributed by atoms with Crippen molar-refractivity contribution in [2.75, 3.05) is 7.11 Å². The van der Waals surface area contributed by atoms with Crippen LogP contribution in [0.5, 0.6) is 0 Å². The molecule has 0 aliphatic heterocycles. The Labute approximate surface area is 228 Å². The average molecular weight is 527 g/mol. The zero-order chi connectivity index (χ0) is 28.0. The molecular formula is C31H46N2O5. The molecule has 2 aliphatic carbocycles. The van der Waals surface area contributed by atoms with Gasteiger partial charge in [-0.25, -0.2) is 9.78 Å². The number of fused-ring (bicyclic) bond motifs is 1. The summed E-state index contributed by atoms with van der Waals surface area (Å²) in [5, 5.41) is 0. The van der Waals surface area contributed by atoms with E-state index in [0.29, 0.717) is 30.4 Å². The number of esters is 2. The zero-order valence-corrected chi connectivity index (χ0v) is 24.3. The Balaban J connectivity index is 1.90. The Kier molecular flexibility index (Phi) is 10.2. The summed E-state index contributed by atoms with van der Waals surface area (Å²) in [7, 11) is 3.54. The van der Waals surface area contributed by atoms with Crippen molar-refractivity contribution in [3.8, 4) is 0 Å². The summed E-state index contributed by atoms with van der Waals surface area (Å²) in [4.78, 5) is 30.0. The van der Waals surface area contributed by atoms with E-state index in [0.717, 1.165) is 12.8 Å². The SMILES string of the molecule is CO[C@@H]1/C=C\CC(OC(=O)/C=C/c2cn(C)cn2)C[C@H]2C(C)=CC[C@H](C(C)C)[C@H]2CC1OC(=O)C(C)(C)C. The Morgan fingerprint density at radius 3 is 2.50 bits per heavy atom. The maximum Gasteiger partial charge on any atom is 0.331 e. The summed E-state index contributed by atoms with van der Waals surface area (Å²) >= 11 is 0. The molecule has 0 radical (unpaired) electrons. The maximum absolute atomic E-state index is 12.9. The zero-order valence-electron chi connectivity index (χ0n) is 24.3. The van der Waals surface area contributed by atoms with Crippen molar-refractivity contribution in [2.24, 2.45) is 36.1 Å². The van der Waals surface area contributed by atoms with E-state index >= 15 is 0 Å². The van der Waals surface area contributed by atoms with Gasteiger partial charge in [-0.2, -0.15) is 0 Å². The number of hydrogen-bond donors (Lipinski definition) is 0. The highest BCUT2D eigenvalue weighted by Gasteiger charge is 2.41. The number of aromatic nitrogens is 2. The van der Waals surface area contributed by atoms with Crippen molar-refractivity contribution in [3.63, 3.8) is 0 Å². The minimum atomic E-state index is -0.599. The number of carbonyl (C=O) groups is 2. The first kappa shape index (κ1) is 29.9. The Hall–Kier alpha value is -2.67. The number of hydrogen-bond acceptors (Lipinski definition) is 6. The minimum Gasteiger partial charge on any atom is -0.459 e. The van der Waals surface area contributed by atoms with E-state index in [1.807, 2.05) is 50.7 Å². The molecule has 7 nitrogen and oxygen atoms in total. The van der Waals surface area contributed by atoms with Crippen LogP contribution in [0.25, 0.3) is 6.08 Å². The third kappa shape index (κ3) is 7.92. The van der Waals surface area contributed by atoms with E-state index in [1.165, 1.54) is 11.6 Å². The van der Waals surface area contributed by atoms with Crippen LogP contribution in [0.2, 0.25) is 0 Å². The van der Waals surface area contributed by atoms with E-state index < -0.39 is 5.41 Å². The van der Waals surface area contributed by atoms with Crippen LogP contribution in [0.4, 0.5) is 0 Å². The van der Waals surface area contributed by atoms with Crippen molar-refractivity contribution < 1.29 is 23.8 Å². The summed E-state index contributed by atoms with van der Waals surface area (Å²) in [5.41, 5.74) is 1.43. The van der Waals surface area contributed by atoms with Crippen LogP contribution in [0, 0.1) is 29.1 Å². The van der Waals surface area contributed by atoms with Crippen LogP contribution in [-0.2, 0) is 30.8 Å². The van der Waals surface area contributed by atoms with Gasteiger partial charge in [-0.05, 0) is 76.7 Å². The van der Waals surface area contributed by atoms with E-state index in [4.69, 9.17) is 14.2 Å². The molecule has 0 amide bonds. The van der Waals surface area contributed by atoms with Crippen molar-refractivity contribution in [3.05, 3.63) is 48.1 Å². The van der Waals surface area contributed by atoms with Gasteiger partial charge in [-0.1, -0.05) is 37.6 Å². The fourth-order valence-corrected chi connectivity index (χ4v) is 5.65. The van der Waals surface area contributed by atoms with Gasteiger partial charge in [0.1, 0.15) is 18.3 Å². The number of rotatable bonds is 6. The van der Waals surface area contributed by atoms with E-state index in [2.05, 4.69) is 31.8 Å². The van der Waals surface area contributed by atoms with Crippen LogP contribution in [-0.4, -0.2) is 46.9 Å². The number of nitrogens with zero attached hydrogens (tertiary/aromatic N) is 2. The molecule has 2 unspecified atom stereocenters. The fourth-order valence-electron chi connectivity index (χ4n) is 5.65. The molecule has 7 heteroatoms. The normalized spacial score (nSPS) is 29.4. The lowest BCUT2D eigenvalue weighted by molar-refractivity contribution is -0.166. The molecule has 0 fully saturated rings. The number of carbonyl (C=O) groups excluding carboxylic acids is 2. The predicted molar refractivity (Wildman–Crippen MR) is 149 cm³/mol. The smallest absolute Gasteiger partial charge is 0.331 e. The molecule has 0 saturated heterocycles. The molecule has 38 heavy (non-hydrogen) atoms. The Morgan fingerprint density at radius 1 is 1.16 bits per heavy atom. The van der Waals surface area contributed by atoms with Gasteiger partial charge in [0.05, 0.1) is 17.4 Å². The predicted octanol–water partition coefficient (Wildman–Crippen LogP) is 5.91. The molecule has 0 saturated carbocycles. The summed E-state index contributed by atoms with van der Waals surface area (Å²) in [5.74, 6) is 0.789. The molecule has 0 aromatic carbocycles. The van der Waals surface area contributed by atoms with Crippen LogP contribution >= 0.6 is 0 Å². The van der Waals surface area contributed by atoms with Gasteiger partial charge in [0, 0.05) is 32.9 Å². The molecule has 1 heterocycles. The molecule has 1 aromatic rings.